The van der Waals surface area contributed by atoms with Gasteiger partial charge in [-0.05, 0) is 41.9 Å². The molecule has 0 saturated heterocycles. The Labute approximate surface area is 111 Å². The third-order valence-corrected chi connectivity index (χ3v) is 4.31. The molecule has 2 rings (SSSR count). The van der Waals surface area contributed by atoms with Crippen LogP contribution in [-0.4, -0.2) is 0 Å². The maximum absolute atomic E-state index is 3.89. The van der Waals surface area contributed by atoms with Crippen molar-refractivity contribution in [2.24, 2.45) is 5.92 Å². The quantitative estimate of drug-likeness (QED) is 0.637. The molecule has 0 aromatic heterocycles. The lowest BCUT2D eigenvalue weighted by molar-refractivity contribution is 0.391. The van der Waals surface area contributed by atoms with Gasteiger partial charge in [0, 0.05) is 0 Å². The van der Waals surface area contributed by atoms with E-state index in [1.54, 1.807) is 0 Å². The molecular weight excluding hydrogens is 216 g/mol. The van der Waals surface area contributed by atoms with Gasteiger partial charge in [-0.2, -0.15) is 0 Å². The van der Waals surface area contributed by atoms with Crippen LogP contribution in [0.3, 0.4) is 0 Å². The first-order valence-electron chi connectivity index (χ1n) is 7.13. The van der Waals surface area contributed by atoms with E-state index in [0.29, 0.717) is 5.92 Å². The van der Waals surface area contributed by atoms with Gasteiger partial charge in [-0.15, -0.1) is 0 Å². The van der Waals surface area contributed by atoms with E-state index in [0.717, 1.165) is 5.92 Å². The number of hydrogen-bond donors (Lipinski definition) is 0. The Morgan fingerprint density at radius 1 is 1.33 bits per heavy atom. The van der Waals surface area contributed by atoms with Crippen LogP contribution in [-0.2, 0) is 0 Å². The molecule has 0 radical (unpaired) electrons. The first-order chi connectivity index (χ1) is 8.69. The number of rotatable bonds is 4. The van der Waals surface area contributed by atoms with Crippen molar-refractivity contribution in [3.8, 4) is 0 Å². The number of benzene rings is 1. The zero-order valence-corrected chi connectivity index (χ0v) is 11.9. The number of allylic oxidation sites excluding steroid dienone is 1. The monoisotopic (exact) mass is 240 g/mol. The fourth-order valence-corrected chi connectivity index (χ4v) is 3.23. The highest BCUT2D eigenvalue weighted by molar-refractivity contribution is 5.64. The van der Waals surface area contributed by atoms with Gasteiger partial charge < -0.3 is 0 Å². The van der Waals surface area contributed by atoms with Crippen molar-refractivity contribution in [1.29, 1.82) is 0 Å². The summed E-state index contributed by atoms with van der Waals surface area (Å²) in [4.78, 5) is 0. The van der Waals surface area contributed by atoms with Crippen molar-refractivity contribution >= 4 is 12.2 Å². The van der Waals surface area contributed by atoms with E-state index in [2.05, 4.69) is 51.6 Å². The van der Waals surface area contributed by atoms with Gasteiger partial charge in [-0.1, -0.05) is 69.2 Å². The van der Waals surface area contributed by atoms with E-state index in [1.807, 2.05) is 6.08 Å². The molecule has 0 heteroatoms. The molecule has 0 nitrogen and oxygen atoms in total. The van der Waals surface area contributed by atoms with Gasteiger partial charge in [-0.3, -0.25) is 0 Å². The van der Waals surface area contributed by atoms with Crippen molar-refractivity contribution in [3.05, 3.63) is 47.0 Å². The van der Waals surface area contributed by atoms with Crippen LogP contribution in [0.1, 0.15) is 62.6 Å². The van der Waals surface area contributed by atoms with Crippen molar-refractivity contribution < 1.29 is 0 Å². The fraction of sp³-hybridized carbons (Fsp3) is 0.444. The van der Waals surface area contributed by atoms with Gasteiger partial charge in [0.1, 0.15) is 0 Å². The average molecular weight is 240 g/mol. The molecule has 1 aliphatic carbocycles. The normalized spacial score (nSPS) is 18.4. The fourth-order valence-electron chi connectivity index (χ4n) is 3.23. The van der Waals surface area contributed by atoms with Crippen molar-refractivity contribution in [2.45, 2.75) is 46.0 Å². The molecule has 1 atom stereocenters. The molecule has 0 spiro atoms. The minimum Gasteiger partial charge on any atom is -0.0985 e. The maximum atomic E-state index is 3.89. The van der Waals surface area contributed by atoms with E-state index in [1.165, 1.54) is 41.5 Å². The van der Waals surface area contributed by atoms with E-state index in [9.17, 15) is 0 Å². The van der Waals surface area contributed by atoms with Crippen LogP contribution in [0, 0.1) is 5.92 Å². The van der Waals surface area contributed by atoms with Crippen LogP contribution >= 0.6 is 0 Å². The molecule has 96 valence electrons. The highest BCUT2D eigenvalue weighted by Gasteiger charge is 2.25. The molecule has 0 aliphatic heterocycles. The molecule has 0 N–H and O–H groups in total. The predicted octanol–water partition coefficient (Wildman–Crippen LogP) is 5.66. The number of hydrogen-bond acceptors (Lipinski definition) is 0. The number of fused-ring (bicyclic) bond motifs is 1. The van der Waals surface area contributed by atoms with Crippen LogP contribution in [0.25, 0.3) is 12.2 Å². The van der Waals surface area contributed by atoms with E-state index >= 15 is 0 Å². The van der Waals surface area contributed by atoms with E-state index < -0.39 is 0 Å². The van der Waals surface area contributed by atoms with E-state index in [-0.39, 0.29) is 0 Å². The Morgan fingerprint density at radius 3 is 2.67 bits per heavy atom. The van der Waals surface area contributed by atoms with Crippen molar-refractivity contribution in [2.75, 3.05) is 0 Å². The molecule has 0 fully saturated rings. The molecule has 1 aromatic carbocycles. The summed E-state index contributed by atoms with van der Waals surface area (Å²) in [6.07, 6.45) is 8.06. The Morgan fingerprint density at radius 2 is 2.06 bits per heavy atom. The van der Waals surface area contributed by atoms with Crippen LogP contribution in [0.15, 0.2) is 30.4 Å². The summed E-state index contributed by atoms with van der Waals surface area (Å²) in [7, 11) is 0. The average Bonchev–Trinajstić information content (AvgIpc) is 2.39. The molecule has 0 bridgehead atoms. The summed E-state index contributed by atoms with van der Waals surface area (Å²) in [5.74, 6) is 1.49. The summed E-state index contributed by atoms with van der Waals surface area (Å²) in [5, 5.41) is 0. The first-order valence-corrected chi connectivity index (χ1v) is 7.13. The Hall–Kier alpha value is -1.30. The molecule has 0 heterocycles. The summed E-state index contributed by atoms with van der Waals surface area (Å²) in [5.41, 5.74) is 5.72. The van der Waals surface area contributed by atoms with Crippen LogP contribution in [0.5, 0.6) is 0 Å². The molecular formula is C18H24. The second-order valence-electron chi connectivity index (χ2n) is 5.47. The topological polar surface area (TPSA) is 0 Å². The SMILES string of the molecule is C=Cc1ccc2c(c1)C(C(CC)CC)CC(C)=C2. The third-order valence-electron chi connectivity index (χ3n) is 4.31. The highest BCUT2D eigenvalue weighted by atomic mass is 14.3. The molecule has 1 aromatic rings. The maximum Gasteiger partial charge on any atom is -0.00904 e. The molecule has 18 heavy (non-hydrogen) atoms. The highest BCUT2D eigenvalue weighted by Crippen LogP contribution is 2.41. The molecule has 0 amide bonds. The van der Waals surface area contributed by atoms with Gasteiger partial charge in [0.2, 0.25) is 0 Å². The van der Waals surface area contributed by atoms with Crippen molar-refractivity contribution in [1.82, 2.24) is 0 Å². The lowest BCUT2D eigenvalue weighted by Crippen LogP contribution is -2.16. The van der Waals surface area contributed by atoms with Gasteiger partial charge >= 0.3 is 0 Å². The summed E-state index contributed by atoms with van der Waals surface area (Å²) in [6.45, 7) is 10.8. The largest absolute Gasteiger partial charge is 0.0985 e. The van der Waals surface area contributed by atoms with Crippen molar-refractivity contribution in [3.63, 3.8) is 0 Å². The standard InChI is InChI=1S/C18H24/c1-5-14-8-9-16-10-13(4)11-17(18(16)12-14)15(6-2)7-3/h5,8-10,12,15,17H,1,6-7,11H2,2-4H3. The van der Waals surface area contributed by atoms with Gasteiger partial charge in [0.05, 0.1) is 0 Å². The predicted molar refractivity (Wildman–Crippen MR) is 81.6 cm³/mol. The summed E-state index contributed by atoms with van der Waals surface area (Å²) < 4.78 is 0. The minimum atomic E-state index is 0.694. The van der Waals surface area contributed by atoms with E-state index in [4.69, 9.17) is 0 Å². The Balaban J connectivity index is 2.47. The molecule has 1 aliphatic rings. The van der Waals surface area contributed by atoms with Crippen LogP contribution in [0.4, 0.5) is 0 Å². The van der Waals surface area contributed by atoms with Crippen LogP contribution < -0.4 is 0 Å². The lowest BCUT2D eigenvalue weighted by atomic mass is 9.74. The van der Waals surface area contributed by atoms with Crippen LogP contribution in [0.2, 0.25) is 0 Å². The molecule has 0 saturated carbocycles. The van der Waals surface area contributed by atoms with Gasteiger partial charge in [-0.25, -0.2) is 0 Å². The van der Waals surface area contributed by atoms with Gasteiger partial charge in [0.15, 0.2) is 0 Å². The lowest BCUT2D eigenvalue weighted by Gasteiger charge is -2.31. The Kier molecular flexibility index (Phi) is 4.06. The smallest absolute Gasteiger partial charge is 0.00904 e. The molecule has 1 unspecified atom stereocenters. The zero-order chi connectivity index (χ0) is 13.1. The minimum absolute atomic E-state index is 0.694. The Bertz CT molecular complexity index is 461. The summed E-state index contributed by atoms with van der Waals surface area (Å²) >= 11 is 0. The first kappa shape index (κ1) is 13.1. The second-order valence-corrected chi connectivity index (χ2v) is 5.47. The summed E-state index contributed by atoms with van der Waals surface area (Å²) in [6, 6.07) is 6.77. The zero-order valence-electron chi connectivity index (χ0n) is 11.9. The van der Waals surface area contributed by atoms with Gasteiger partial charge in [0.25, 0.3) is 0 Å². The second kappa shape index (κ2) is 5.56. The third kappa shape index (κ3) is 2.43.